The van der Waals surface area contributed by atoms with E-state index in [2.05, 4.69) is 41.9 Å². The molecule has 0 aliphatic carbocycles. The molecule has 5 rings (SSSR count). The summed E-state index contributed by atoms with van der Waals surface area (Å²) in [5, 5.41) is 65.4. The van der Waals surface area contributed by atoms with Crippen LogP contribution in [0.15, 0.2) is 91.0 Å². The zero-order chi connectivity index (χ0) is 70.6. The van der Waals surface area contributed by atoms with E-state index < -0.39 is 169 Å². The number of aryl methyl sites for hydroxylation is 2. The molecule has 0 radical (unpaired) electrons. The van der Waals surface area contributed by atoms with Gasteiger partial charge in [-0.05, 0) is 135 Å². The lowest BCUT2D eigenvalue weighted by Crippen LogP contribution is -2.55. The number of carboxylic acid groups (broad SMARTS) is 1. The van der Waals surface area contributed by atoms with E-state index in [0.717, 1.165) is 48.1 Å². The van der Waals surface area contributed by atoms with Crippen molar-refractivity contribution < 1.29 is 82.2 Å². The van der Waals surface area contributed by atoms with Crippen molar-refractivity contribution in [2.75, 3.05) is 26.9 Å². The number of aromatic amines is 1. The SMILES string of the molecule is CCc1cc(OC)ccc1-c1ccc(C[C@H](CC(=O)[C@H](CC(=O)O)NC(=O)[C@H](CO)CC(=O)[C@@H](NC(=O)[C@@](C)(CC(=O)[C@@H](NC(=O)CCC(=O)[C@@H](N)Cc2nn[nH]n2)[C@@H](C)O)Cc2ccccc2F)[C@@H](C)O)C(=O)N[C@@H](CCCc2ccc(OCCCCN)cc2)C(N)=O)cc1. The number of ether oxygens (including phenoxy) is 2. The highest BCUT2D eigenvalue weighted by Crippen LogP contribution is 2.32. The van der Waals surface area contributed by atoms with Crippen LogP contribution in [-0.2, 0) is 80.0 Å². The quantitative estimate of drug-likeness (QED) is 0.0249. The van der Waals surface area contributed by atoms with Gasteiger partial charge in [0.1, 0.15) is 35.4 Å². The molecule has 0 bridgehead atoms. The van der Waals surface area contributed by atoms with Gasteiger partial charge >= 0.3 is 5.97 Å². The van der Waals surface area contributed by atoms with Gasteiger partial charge < -0.3 is 68.4 Å². The molecule has 28 heteroatoms. The third-order valence-electron chi connectivity index (χ3n) is 16.5. The summed E-state index contributed by atoms with van der Waals surface area (Å²) in [6.45, 7) is 5.49. The van der Waals surface area contributed by atoms with Crippen molar-refractivity contribution in [3.63, 3.8) is 0 Å². The monoisotopic (exact) mass is 1340 g/mol. The first-order chi connectivity index (χ1) is 45.7. The van der Waals surface area contributed by atoms with Crippen molar-refractivity contribution in [2.24, 2.45) is 34.5 Å². The summed E-state index contributed by atoms with van der Waals surface area (Å²) in [6.07, 6.45) is -5.14. The molecular formula is C68H90FN11O16. The Kier molecular flexibility index (Phi) is 31.0. The number of Topliss-reactive ketones (excluding diaryl/α,β-unsaturated/α-hetero) is 4. The number of hydrogen-bond donors (Lipinski definition) is 12. The van der Waals surface area contributed by atoms with Gasteiger partial charge in [-0.15, -0.1) is 10.2 Å². The van der Waals surface area contributed by atoms with Crippen LogP contribution in [0.2, 0.25) is 0 Å². The molecule has 0 saturated carbocycles. The predicted octanol–water partition coefficient (Wildman–Crippen LogP) is 2.19. The minimum atomic E-state index is -2.02. The van der Waals surface area contributed by atoms with Crippen LogP contribution in [0.3, 0.4) is 0 Å². The summed E-state index contributed by atoms with van der Waals surface area (Å²) in [7, 11) is 1.57. The van der Waals surface area contributed by atoms with Gasteiger partial charge in [-0.25, -0.2) is 4.39 Å². The van der Waals surface area contributed by atoms with Crippen LogP contribution in [-0.4, -0.2) is 169 Å². The van der Waals surface area contributed by atoms with Crippen molar-refractivity contribution in [1.29, 1.82) is 0 Å². The second kappa shape index (κ2) is 38.4. The molecule has 520 valence electrons. The Morgan fingerprint density at radius 2 is 1.34 bits per heavy atom. The lowest BCUT2D eigenvalue weighted by molar-refractivity contribution is -0.142. The molecule has 5 amide bonds. The molecule has 1 heterocycles. The Morgan fingerprint density at radius 3 is 1.95 bits per heavy atom. The fraction of sp³-hybridized carbons (Fsp3) is 0.485. The van der Waals surface area contributed by atoms with Crippen molar-refractivity contribution in [2.45, 2.75) is 166 Å². The number of unbranched alkanes of at least 4 members (excludes halogenated alkanes) is 1. The normalized spacial score (nSPS) is 14.7. The molecule has 4 aromatic carbocycles. The highest BCUT2D eigenvalue weighted by molar-refractivity contribution is 5.99. The number of tetrazole rings is 1. The number of nitrogens with zero attached hydrogens (tertiary/aromatic N) is 3. The minimum Gasteiger partial charge on any atom is -0.497 e. The lowest BCUT2D eigenvalue weighted by Gasteiger charge is -2.33. The number of carboxylic acids is 1. The Labute approximate surface area is 556 Å². The number of aliphatic hydroxyl groups excluding tert-OH is 3. The van der Waals surface area contributed by atoms with Crippen LogP contribution in [0.5, 0.6) is 11.5 Å². The first-order valence-electron chi connectivity index (χ1n) is 31.9. The molecule has 96 heavy (non-hydrogen) atoms. The summed E-state index contributed by atoms with van der Waals surface area (Å²) in [5.41, 5.74) is 19.5. The number of primary amides is 1. The first-order valence-corrected chi connectivity index (χ1v) is 31.9. The number of aromatic nitrogens is 4. The van der Waals surface area contributed by atoms with E-state index in [-0.39, 0.29) is 37.1 Å². The largest absolute Gasteiger partial charge is 0.497 e. The number of H-pyrrole nitrogens is 1. The molecule has 15 N–H and O–H groups in total. The third kappa shape index (κ3) is 24.2. The number of amides is 5. The maximum absolute atomic E-state index is 15.3. The second-order valence-electron chi connectivity index (χ2n) is 24.3. The van der Waals surface area contributed by atoms with E-state index in [4.69, 9.17) is 26.7 Å². The summed E-state index contributed by atoms with van der Waals surface area (Å²) in [4.78, 5) is 137. The van der Waals surface area contributed by atoms with E-state index >= 15 is 4.39 Å². The standard InChI is InChI=1S/C68H90FN11O16/c1-6-43-31-49(95-5)24-25-50(43)44-20-16-42(17-21-44)30-46(65(92)73-53(64(72)91)15-11-12-41-18-22-48(23-19-41)96-29-10-9-28-70)32-56(85)54(35-61(89)90)74-66(93)47(38-81)33-57(86)62(39(2)82)76-67(94)68(4,36-45-13-7-8-14-51(45)69)37-58(87)63(40(3)83)75-60(88)27-26-55(84)52(71)34-59-77-79-80-78-59/h7-8,13-14,16-25,31,39-40,46-47,52-54,62-63,81-83H,6,9-12,15,26-30,32-38,70-71H2,1-5H3,(H2,72,91)(H,73,92)(H,74,93)(H,75,88)(H,76,94)(H,89,90)(H,77,78,79,80)/t39-,40-,46-,47+,52+,53+,54+,62+,63+,68-/m1/s1. The zero-order valence-corrected chi connectivity index (χ0v) is 54.7. The molecule has 27 nitrogen and oxygen atoms in total. The third-order valence-corrected chi connectivity index (χ3v) is 16.5. The lowest BCUT2D eigenvalue weighted by atomic mass is 9.76. The average Bonchev–Trinajstić information content (AvgIpc) is 0.969. The van der Waals surface area contributed by atoms with Crippen LogP contribution in [0.4, 0.5) is 4.39 Å². The highest BCUT2D eigenvalue weighted by atomic mass is 19.1. The zero-order valence-electron chi connectivity index (χ0n) is 54.7. The van der Waals surface area contributed by atoms with Gasteiger partial charge in [-0.2, -0.15) is 5.21 Å². The van der Waals surface area contributed by atoms with Gasteiger partial charge in [0.25, 0.3) is 0 Å². The number of hydrogen-bond acceptors (Lipinski definition) is 20. The van der Waals surface area contributed by atoms with Crippen LogP contribution in [0.25, 0.3) is 11.1 Å². The second-order valence-corrected chi connectivity index (χ2v) is 24.3. The fourth-order valence-corrected chi connectivity index (χ4v) is 10.9. The van der Waals surface area contributed by atoms with Gasteiger partial charge in [0, 0.05) is 44.4 Å². The first kappa shape index (κ1) is 77.5. The van der Waals surface area contributed by atoms with Gasteiger partial charge in [-0.3, -0.25) is 47.9 Å². The number of aliphatic carboxylic acids is 1. The molecular weight excluding hydrogens is 1250 g/mol. The van der Waals surface area contributed by atoms with E-state index in [1.807, 2.05) is 61.5 Å². The maximum atomic E-state index is 15.3. The van der Waals surface area contributed by atoms with Gasteiger partial charge in [0.2, 0.25) is 29.5 Å². The number of methoxy groups -OCH3 is 1. The van der Waals surface area contributed by atoms with Crippen LogP contribution in [0.1, 0.15) is 120 Å². The number of halogens is 1. The summed E-state index contributed by atoms with van der Waals surface area (Å²) >= 11 is 0. The van der Waals surface area contributed by atoms with Crippen molar-refractivity contribution >= 4 is 58.6 Å². The number of rotatable bonds is 44. The minimum absolute atomic E-state index is 0.0734. The summed E-state index contributed by atoms with van der Waals surface area (Å²) in [6, 6.07) is 17.7. The number of benzene rings is 4. The molecule has 5 aromatic rings. The topological polar surface area (TPSA) is 451 Å². The molecule has 0 unspecified atom stereocenters. The molecule has 0 fully saturated rings. The van der Waals surface area contributed by atoms with E-state index in [1.54, 1.807) is 19.2 Å². The molecule has 0 saturated heterocycles. The molecule has 0 aliphatic heterocycles. The Hall–Kier alpha value is -9.22. The number of aliphatic hydroxyl groups is 3. The van der Waals surface area contributed by atoms with Crippen LogP contribution >= 0.6 is 0 Å². The molecule has 0 spiro atoms. The van der Waals surface area contributed by atoms with E-state index in [0.29, 0.717) is 49.5 Å². The van der Waals surface area contributed by atoms with Crippen LogP contribution in [0, 0.1) is 23.1 Å². The smallest absolute Gasteiger partial charge is 0.305 e. The number of nitrogens with one attached hydrogen (secondary N) is 5. The molecule has 0 aliphatic rings. The molecule has 1 aromatic heterocycles. The Balaban J connectivity index is 1.33. The van der Waals surface area contributed by atoms with E-state index in [1.165, 1.54) is 32.0 Å². The maximum Gasteiger partial charge on any atom is 0.305 e. The average molecular weight is 1340 g/mol. The number of nitrogens with two attached hydrogens (primary N) is 3. The molecule has 10 atom stereocenters. The number of carbonyl (C=O) groups excluding carboxylic acids is 9. The highest BCUT2D eigenvalue weighted by Gasteiger charge is 2.43. The van der Waals surface area contributed by atoms with E-state index in [9.17, 15) is 68.4 Å². The Morgan fingerprint density at radius 1 is 0.708 bits per heavy atom. The van der Waals surface area contributed by atoms with Gasteiger partial charge in [0.15, 0.2) is 29.0 Å². The van der Waals surface area contributed by atoms with Gasteiger partial charge in [-0.1, -0.05) is 79.7 Å². The van der Waals surface area contributed by atoms with Crippen LogP contribution < -0.4 is 47.9 Å². The predicted molar refractivity (Wildman–Crippen MR) is 348 cm³/mol. The van der Waals surface area contributed by atoms with Crippen molar-refractivity contribution in [3.05, 3.63) is 125 Å². The Bertz CT molecular complexity index is 3430. The summed E-state index contributed by atoms with van der Waals surface area (Å²) < 4.78 is 26.5. The van der Waals surface area contributed by atoms with Crippen molar-refractivity contribution in [3.8, 4) is 22.6 Å². The van der Waals surface area contributed by atoms with Crippen molar-refractivity contribution in [1.82, 2.24) is 41.9 Å². The number of carbonyl (C=O) groups is 10. The number of ketones is 4. The summed E-state index contributed by atoms with van der Waals surface area (Å²) in [5.74, 6) is -12.2. The van der Waals surface area contributed by atoms with Gasteiger partial charge in [0.05, 0.1) is 62.4 Å². The fourth-order valence-electron chi connectivity index (χ4n) is 10.9.